The highest BCUT2D eigenvalue weighted by atomic mass is 16.5. The summed E-state index contributed by atoms with van der Waals surface area (Å²) in [6.45, 7) is 2.80. The molecular weight excluding hydrogens is 498 g/mol. The van der Waals surface area contributed by atoms with Crippen LogP contribution >= 0.6 is 0 Å². The number of carboxylic acids is 1. The average molecular weight is 569 g/mol. The van der Waals surface area contributed by atoms with Crippen molar-refractivity contribution in [1.82, 2.24) is 0 Å². The minimum Gasteiger partial charge on any atom is -0.481 e. The Morgan fingerprint density at radius 1 is 0.550 bits per heavy atom. The second-order valence-corrected chi connectivity index (χ2v) is 13.4. The van der Waals surface area contributed by atoms with Gasteiger partial charge in [-0.05, 0) is 6.42 Å². The fraction of sp³-hybridized carbons (Fsp3) is 0.943. The van der Waals surface area contributed by atoms with Gasteiger partial charge >= 0.3 is 11.9 Å². The molecule has 0 saturated carbocycles. The lowest BCUT2D eigenvalue weighted by atomic mass is 10.0. The van der Waals surface area contributed by atoms with Crippen LogP contribution in [0.2, 0.25) is 0 Å². The van der Waals surface area contributed by atoms with E-state index >= 15 is 0 Å². The predicted molar refractivity (Wildman–Crippen MR) is 171 cm³/mol. The van der Waals surface area contributed by atoms with E-state index in [9.17, 15) is 9.59 Å². The van der Waals surface area contributed by atoms with Gasteiger partial charge in [-0.2, -0.15) is 0 Å². The van der Waals surface area contributed by atoms with Gasteiger partial charge in [0.2, 0.25) is 0 Å². The molecule has 0 aromatic heterocycles. The van der Waals surface area contributed by atoms with E-state index in [0.717, 1.165) is 12.8 Å². The van der Waals surface area contributed by atoms with Gasteiger partial charge in [-0.15, -0.1) is 0 Å². The first kappa shape index (κ1) is 38.9. The molecule has 0 aliphatic carbocycles. The number of quaternary nitrogens is 1. The number of hydrogen-bond acceptors (Lipinski definition) is 3. The third kappa shape index (κ3) is 31.4. The third-order valence-corrected chi connectivity index (χ3v) is 7.94. The van der Waals surface area contributed by atoms with Crippen LogP contribution in [0.1, 0.15) is 180 Å². The zero-order valence-corrected chi connectivity index (χ0v) is 27.5. The van der Waals surface area contributed by atoms with Crippen LogP contribution in [-0.4, -0.2) is 55.3 Å². The molecule has 0 aromatic rings. The Morgan fingerprint density at radius 3 is 1.12 bits per heavy atom. The minimum absolute atomic E-state index is 0.124. The maximum absolute atomic E-state index is 12.1. The summed E-state index contributed by atoms with van der Waals surface area (Å²) in [7, 11) is 5.93. The third-order valence-electron chi connectivity index (χ3n) is 7.94. The first-order chi connectivity index (χ1) is 19.2. The van der Waals surface area contributed by atoms with Crippen LogP contribution in [0, 0.1) is 0 Å². The lowest BCUT2D eigenvalue weighted by Crippen LogP contribution is -2.43. The highest BCUT2D eigenvalue weighted by Crippen LogP contribution is 2.16. The van der Waals surface area contributed by atoms with Crippen molar-refractivity contribution in [3.63, 3.8) is 0 Å². The van der Waals surface area contributed by atoms with Gasteiger partial charge in [0.1, 0.15) is 6.54 Å². The summed E-state index contributed by atoms with van der Waals surface area (Å²) >= 11 is 0. The van der Waals surface area contributed by atoms with Crippen molar-refractivity contribution in [2.24, 2.45) is 0 Å². The summed E-state index contributed by atoms with van der Waals surface area (Å²) in [5, 5.41) is 9.07. The fourth-order valence-electron chi connectivity index (χ4n) is 5.60. The number of esters is 1. The van der Waals surface area contributed by atoms with Crippen molar-refractivity contribution in [1.29, 1.82) is 0 Å². The number of rotatable bonds is 31. The molecule has 0 rings (SSSR count). The molecule has 1 N–H and O–H groups in total. The number of unbranched alkanes of at least 4 members (excludes halogenated alkanes) is 24. The molecule has 0 fully saturated rings. The normalized spacial score (nSPS) is 12.5. The summed E-state index contributed by atoms with van der Waals surface area (Å²) in [6.07, 6.45) is 33.8. The monoisotopic (exact) mass is 569 g/mol. The lowest BCUT2D eigenvalue weighted by Gasteiger charge is -2.28. The predicted octanol–water partition coefficient (Wildman–Crippen LogP) is 10.2. The van der Waals surface area contributed by atoms with Crippen molar-refractivity contribution >= 4 is 11.9 Å². The van der Waals surface area contributed by atoms with Crippen LogP contribution in [0.5, 0.6) is 0 Å². The minimum atomic E-state index is -0.920. The standard InChI is InChI=1S/C35H69NO4/c1-5-6-7-8-9-10-11-12-13-14-15-16-17-18-19-20-21-22-23-24-25-26-27-28-29-30-35(39)40-33(31-34(37)38)32-36(2,3)4/h33H,5-32H2,1-4H3/p+1. The van der Waals surface area contributed by atoms with Crippen molar-refractivity contribution in [2.45, 2.75) is 186 Å². The molecule has 238 valence electrons. The average Bonchev–Trinajstić information content (AvgIpc) is 2.87. The number of nitrogens with zero attached hydrogens (tertiary/aromatic N) is 1. The number of aliphatic carboxylic acids is 1. The number of carbonyl (C=O) groups excluding carboxylic acids is 1. The maximum Gasteiger partial charge on any atom is 0.307 e. The Labute approximate surface area is 249 Å². The number of likely N-dealkylation sites (N-methyl/N-ethyl adjacent to an activating group) is 1. The zero-order valence-electron chi connectivity index (χ0n) is 27.5. The summed E-state index contributed by atoms with van der Waals surface area (Å²) in [6, 6.07) is 0. The maximum atomic E-state index is 12.1. The SMILES string of the molecule is CCCCCCCCCCCCCCCCCCCCCCCCCCCC(=O)OC(CC(=O)O)C[N+](C)(C)C. The zero-order chi connectivity index (χ0) is 29.7. The molecule has 5 heteroatoms. The largest absolute Gasteiger partial charge is 0.481 e. The first-order valence-electron chi connectivity index (χ1n) is 17.5. The van der Waals surface area contributed by atoms with E-state index in [0.29, 0.717) is 17.4 Å². The van der Waals surface area contributed by atoms with E-state index in [4.69, 9.17) is 9.84 Å². The Kier molecular flexibility index (Phi) is 27.3. The molecular formula is C35H70NO4+. The lowest BCUT2D eigenvalue weighted by molar-refractivity contribution is -0.873. The number of carbonyl (C=O) groups is 2. The van der Waals surface area contributed by atoms with Crippen LogP contribution in [-0.2, 0) is 14.3 Å². The van der Waals surface area contributed by atoms with E-state index < -0.39 is 12.1 Å². The molecule has 0 aliphatic heterocycles. The summed E-state index contributed by atoms with van der Waals surface area (Å²) in [5.41, 5.74) is 0. The van der Waals surface area contributed by atoms with Crippen molar-refractivity contribution < 1.29 is 23.9 Å². The molecule has 0 aromatic carbocycles. The van der Waals surface area contributed by atoms with Crippen LogP contribution in [0.4, 0.5) is 0 Å². The summed E-state index contributed by atoms with van der Waals surface area (Å²) in [5.74, 6) is -1.18. The molecule has 0 heterocycles. The molecule has 0 aliphatic rings. The molecule has 5 nitrogen and oxygen atoms in total. The van der Waals surface area contributed by atoms with Gasteiger partial charge in [-0.1, -0.05) is 161 Å². The van der Waals surface area contributed by atoms with Gasteiger partial charge in [-0.25, -0.2) is 0 Å². The molecule has 0 spiro atoms. The Morgan fingerprint density at radius 2 is 0.850 bits per heavy atom. The summed E-state index contributed by atoms with van der Waals surface area (Å²) in [4.78, 5) is 23.2. The summed E-state index contributed by atoms with van der Waals surface area (Å²) < 4.78 is 6.03. The van der Waals surface area contributed by atoms with E-state index in [1.165, 1.54) is 148 Å². The fourth-order valence-corrected chi connectivity index (χ4v) is 5.60. The van der Waals surface area contributed by atoms with Gasteiger partial charge in [0.15, 0.2) is 6.10 Å². The molecule has 0 radical (unpaired) electrons. The topological polar surface area (TPSA) is 63.6 Å². The first-order valence-corrected chi connectivity index (χ1v) is 17.5. The van der Waals surface area contributed by atoms with E-state index in [1.807, 2.05) is 21.1 Å². The van der Waals surface area contributed by atoms with Gasteiger partial charge < -0.3 is 14.3 Å². The highest BCUT2D eigenvalue weighted by Gasteiger charge is 2.24. The molecule has 0 amide bonds. The smallest absolute Gasteiger partial charge is 0.307 e. The van der Waals surface area contributed by atoms with Crippen molar-refractivity contribution in [2.75, 3.05) is 27.7 Å². The number of ether oxygens (including phenoxy) is 1. The number of carboxylic acid groups (broad SMARTS) is 1. The molecule has 1 atom stereocenters. The van der Waals surface area contributed by atoms with E-state index in [-0.39, 0.29) is 12.4 Å². The second kappa shape index (κ2) is 28.0. The molecule has 0 saturated heterocycles. The molecule has 40 heavy (non-hydrogen) atoms. The second-order valence-electron chi connectivity index (χ2n) is 13.4. The van der Waals surface area contributed by atoms with Crippen molar-refractivity contribution in [3.8, 4) is 0 Å². The quantitative estimate of drug-likeness (QED) is 0.0513. The van der Waals surface area contributed by atoms with Gasteiger partial charge in [0.25, 0.3) is 0 Å². The van der Waals surface area contributed by atoms with E-state index in [1.54, 1.807) is 0 Å². The van der Waals surface area contributed by atoms with Gasteiger partial charge in [-0.3, -0.25) is 9.59 Å². The van der Waals surface area contributed by atoms with Gasteiger partial charge in [0.05, 0.1) is 27.6 Å². The van der Waals surface area contributed by atoms with Crippen LogP contribution in [0.25, 0.3) is 0 Å². The van der Waals surface area contributed by atoms with Crippen molar-refractivity contribution in [3.05, 3.63) is 0 Å². The molecule has 0 bridgehead atoms. The Balaban J connectivity index is 3.34. The Bertz CT molecular complexity index is 572. The number of hydrogen-bond donors (Lipinski definition) is 1. The molecule has 1 unspecified atom stereocenters. The Hall–Kier alpha value is -1.10. The van der Waals surface area contributed by atoms with Gasteiger partial charge in [0, 0.05) is 6.42 Å². The highest BCUT2D eigenvalue weighted by molar-refractivity contribution is 5.71. The van der Waals surface area contributed by atoms with Crippen LogP contribution in [0.15, 0.2) is 0 Å². The van der Waals surface area contributed by atoms with E-state index in [2.05, 4.69) is 6.92 Å². The van der Waals surface area contributed by atoms with Crippen LogP contribution < -0.4 is 0 Å². The van der Waals surface area contributed by atoms with Crippen LogP contribution in [0.3, 0.4) is 0 Å².